The van der Waals surface area contributed by atoms with Crippen LogP contribution in [0.2, 0.25) is 0 Å². The summed E-state index contributed by atoms with van der Waals surface area (Å²) in [5.74, 6) is 2.65. The number of nitrogens with zero attached hydrogens (tertiary/aromatic N) is 1. The Balaban J connectivity index is 1.71. The van der Waals surface area contributed by atoms with Crippen LogP contribution in [0.25, 0.3) is 11.3 Å². The molecule has 150 valence electrons. The molecule has 0 bridgehead atoms. The molecule has 1 aliphatic heterocycles. The van der Waals surface area contributed by atoms with Crippen molar-refractivity contribution in [2.75, 3.05) is 20.8 Å². The Morgan fingerprint density at radius 2 is 1.71 bits per heavy atom. The maximum absolute atomic E-state index is 12.9. The predicted molar refractivity (Wildman–Crippen MR) is 110 cm³/mol. The van der Waals surface area contributed by atoms with E-state index in [1.165, 1.54) is 32.1 Å². The Morgan fingerprint density at radius 3 is 2.43 bits per heavy atom. The number of ether oxygens (including phenoxy) is 3. The Morgan fingerprint density at radius 1 is 1.00 bits per heavy atom. The normalized spacial score (nSPS) is 18.9. The number of fused-ring (bicyclic) bond motifs is 3. The first-order valence-electron chi connectivity index (χ1n) is 10.3. The summed E-state index contributed by atoms with van der Waals surface area (Å²) in [5.41, 5.74) is 3.05. The second-order valence-electron chi connectivity index (χ2n) is 8.02. The van der Waals surface area contributed by atoms with Gasteiger partial charge in [0.15, 0.2) is 11.5 Å². The molecule has 2 aromatic rings. The first-order chi connectivity index (χ1) is 13.6. The Kier molecular flexibility index (Phi) is 5.33. The van der Waals surface area contributed by atoms with Crippen LogP contribution in [0.15, 0.2) is 29.1 Å². The highest BCUT2D eigenvalue weighted by molar-refractivity contribution is 5.71. The first-order valence-corrected chi connectivity index (χ1v) is 10.3. The van der Waals surface area contributed by atoms with Crippen molar-refractivity contribution in [3.63, 3.8) is 0 Å². The van der Waals surface area contributed by atoms with Gasteiger partial charge in [0.2, 0.25) is 0 Å². The van der Waals surface area contributed by atoms with Crippen molar-refractivity contribution < 1.29 is 14.2 Å². The number of methoxy groups -OCH3 is 2. The van der Waals surface area contributed by atoms with Gasteiger partial charge in [-0.2, -0.15) is 0 Å². The molecule has 0 amide bonds. The molecule has 5 heteroatoms. The number of benzene rings is 1. The molecule has 4 rings (SSSR count). The average Bonchev–Trinajstić information content (AvgIpc) is 2.71. The van der Waals surface area contributed by atoms with Gasteiger partial charge in [0.05, 0.1) is 26.5 Å². The molecule has 1 aliphatic carbocycles. The highest BCUT2D eigenvalue weighted by Gasteiger charge is 2.25. The van der Waals surface area contributed by atoms with Gasteiger partial charge >= 0.3 is 0 Å². The highest BCUT2D eigenvalue weighted by atomic mass is 16.5. The minimum absolute atomic E-state index is 0.0101. The van der Waals surface area contributed by atoms with E-state index in [4.69, 9.17) is 14.2 Å². The molecule has 1 saturated carbocycles. The third kappa shape index (κ3) is 3.50. The van der Waals surface area contributed by atoms with E-state index in [1.807, 2.05) is 22.8 Å². The van der Waals surface area contributed by atoms with Gasteiger partial charge in [0.25, 0.3) is 5.56 Å². The molecular formula is C23H29NO4. The van der Waals surface area contributed by atoms with E-state index in [9.17, 15) is 4.79 Å². The van der Waals surface area contributed by atoms with Gasteiger partial charge in [-0.3, -0.25) is 4.79 Å². The number of pyridine rings is 1. The predicted octanol–water partition coefficient (Wildman–Crippen LogP) is 4.61. The summed E-state index contributed by atoms with van der Waals surface area (Å²) < 4.78 is 18.9. The van der Waals surface area contributed by atoms with E-state index >= 15 is 0 Å². The standard InChI is InChI=1S/C23H29NO4/c1-15-9-17-10-21(26-2)22(27-3)13-19(17)20-11-18(12-23(25)24(15)20)28-14-16-7-5-4-6-8-16/h10-13,15-16H,4-9,14H2,1-3H3. The maximum Gasteiger partial charge on any atom is 0.254 e. The summed E-state index contributed by atoms with van der Waals surface area (Å²) in [7, 11) is 3.28. The molecule has 1 aromatic carbocycles. The van der Waals surface area contributed by atoms with Crippen molar-refractivity contribution in [2.45, 2.75) is 51.5 Å². The summed E-state index contributed by atoms with van der Waals surface area (Å²) in [6.07, 6.45) is 7.13. The number of hydrogen-bond donors (Lipinski definition) is 0. The summed E-state index contributed by atoms with van der Waals surface area (Å²) in [4.78, 5) is 12.9. The van der Waals surface area contributed by atoms with Crippen LogP contribution >= 0.6 is 0 Å². The van der Waals surface area contributed by atoms with Crippen molar-refractivity contribution in [1.82, 2.24) is 4.57 Å². The zero-order valence-corrected chi connectivity index (χ0v) is 17.0. The van der Waals surface area contributed by atoms with E-state index in [0.29, 0.717) is 29.8 Å². The van der Waals surface area contributed by atoms with Crippen LogP contribution in [0.5, 0.6) is 17.2 Å². The van der Waals surface area contributed by atoms with Crippen LogP contribution in [-0.4, -0.2) is 25.4 Å². The second kappa shape index (κ2) is 7.90. The second-order valence-corrected chi connectivity index (χ2v) is 8.02. The molecule has 1 aromatic heterocycles. The Bertz CT molecular complexity index is 912. The fraction of sp³-hybridized carbons (Fsp3) is 0.522. The minimum atomic E-state index is -0.0101. The fourth-order valence-corrected chi connectivity index (χ4v) is 4.61. The lowest BCUT2D eigenvalue weighted by atomic mass is 9.90. The summed E-state index contributed by atoms with van der Waals surface area (Å²) in [5, 5.41) is 0. The molecule has 0 N–H and O–H groups in total. The van der Waals surface area contributed by atoms with Crippen molar-refractivity contribution in [2.24, 2.45) is 5.92 Å². The summed E-state index contributed by atoms with van der Waals surface area (Å²) in [6.45, 7) is 2.77. The van der Waals surface area contributed by atoms with Gasteiger partial charge in [-0.15, -0.1) is 0 Å². The highest BCUT2D eigenvalue weighted by Crippen LogP contribution is 2.41. The Hall–Kier alpha value is -2.43. The molecular weight excluding hydrogens is 354 g/mol. The summed E-state index contributed by atoms with van der Waals surface area (Å²) in [6, 6.07) is 7.71. The smallest absolute Gasteiger partial charge is 0.254 e. The quantitative estimate of drug-likeness (QED) is 0.757. The van der Waals surface area contributed by atoms with Gasteiger partial charge in [-0.05, 0) is 49.8 Å². The van der Waals surface area contributed by atoms with Gasteiger partial charge in [-0.1, -0.05) is 19.3 Å². The number of aromatic nitrogens is 1. The zero-order valence-electron chi connectivity index (χ0n) is 17.0. The lowest BCUT2D eigenvalue weighted by molar-refractivity contribution is 0.208. The molecule has 28 heavy (non-hydrogen) atoms. The lowest BCUT2D eigenvalue weighted by Crippen LogP contribution is -2.29. The van der Waals surface area contributed by atoms with E-state index in [1.54, 1.807) is 20.3 Å². The average molecular weight is 383 g/mol. The third-order valence-corrected chi connectivity index (χ3v) is 6.09. The topological polar surface area (TPSA) is 49.7 Å². The number of rotatable bonds is 5. The van der Waals surface area contributed by atoms with Gasteiger partial charge in [0, 0.05) is 23.7 Å². The van der Waals surface area contributed by atoms with E-state index in [0.717, 1.165) is 23.2 Å². The molecule has 0 spiro atoms. The zero-order chi connectivity index (χ0) is 19.7. The van der Waals surface area contributed by atoms with Crippen LogP contribution in [-0.2, 0) is 6.42 Å². The van der Waals surface area contributed by atoms with Crippen LogP contribution in [0.1, 0.15) is 50.6 Å². The SMILES string of the molecule is COc1cc2c(cc1OC)-c1cc(OCC3CCCCC3)cc(=O)n1C(C)C2. The van der Waals surface area contributed by atoms with Crippen LogP contribution < -0.4 is 19.8 Å². The molecule has 0 radical (unpaired) electrons. The molecule has 2 aliphatic rings. The molecule has 1 fully saturated rings. The van der Waals surface area contributed by atoms with Crippen molar-refractivity contribution >= 4 is 0 Å². The van der Waals surface area contributed by atoms with Crippen LogP contribution in [0, 0.1) is 5.92 Å². The molecule has 1 atom stereocenters. The Labute approximate surface area is 166 Å². The van der Waals surface area contributed by atoms with Crippen molar-refractivity contribution in [3.05, 3.63) is 40.2 Å². The van der Waals surface area contributed by atoms with E-state index in [2.05, 4.69) is 6.92 Å². The van der Waals surface area contributed by atoms with Crippen molar-refractivity contribution in [3.8, 4) is 28.5 Å². The number of hydrogen-bond acceptors (Lipinski definition) is 4. The third-order valence-electron chi connectivity index (χ3n) is 6.09. The fourth-order valence-electron chi connectivity index (χ4n) is 4.61. The molecule has 1 unspecified atom stereocenters. The monoisotopic (exact) mass is 383 g/mol. The van der Waals surface area contributed by atoms with Gasteiger partial charge in [-0.25, -0.2) is 0 Å². The largest absolute Gasteiger partial charge is 0.493 e. The van der Waals surface area contributed by atoms with Crippen molar-refractivity contribution in [1.29, 1.82) is 0 Å². The maximum atomic E-state index is 12.9. The van der Waals surface area contributed by atoms with E-state index in [-0.39, 0.29) is 11.6 Å². The summed E-state index contributed by atoms with van der Waals surface area (Å²) >= 11 is 0. The van der Waals surface area contributed by atoms with Gasteiger partial charge < -0.3 is 18.8 Å². The molecule has 2 heterocycles. The minimum Gasteiger partial charge on any atom is -0.493 e. The first kappa shape index (κ1) is 18.9. The van der Waals surface area contributed by atoms with E-state index < -0.39 is 0 Å². The molecule has 5 nitrogen and oxygen atoms in total. The van der Waals surface area contributed by atoms with Gasteiger partial charge in [0.1, 0.15) is 5.75 Å². The lowest BCUT2D eigenvalue weighted by Gasteiger charge is -2.29. The van der Waals surface area contributed by atoms with Crippen LogP contribution in [0.3, 0.4) is 0 Å². The molecule has 0 saturated heterocycles. The van der Waals surface area contributed by atoms with Crippen LogP contribution in [0.4, 0.5) is 0 Å².